The molecule has 1 aromatic rings. The van der Waals surface area contributed by atoms with Crippen LogP contribution >= 0.6 is 12.2 Å². The van der Waals surface area contributed by atoms with Gasteiger partial charge in [0.15, 0.2) is 16.6 Å². The summed E-state index contributed by atoms with van der Waals surface area (Å²) in [5.74, 6) is 1.03. The van der Waals surface area contributed by atoms with E-state index in [1.54, 1.807) is 32.9 Å². The van der Waals surface area contributed by atoms with Gasteiger partial charge in [0.05, 0.1) is 39.0 Å². The minimum absolute atomic E-state index is 0.239. The number of allylic oxidation sites excluding steroid dienone is 1. The van der Waals surface area contributed by atoms with Crippen LogP contribution < -0.4 is 24.8 Å². The van der Waals surface area contributed by atoms with Crippen LogP contribution in [0, 0.1) is 0 Å². The average molecular weight is 380 g/mol. The molecule has 0 fully saturated rings. The van der Waals surface area contributed by atoms with Crippen molar-refractivity contribution in [1.82, 2.24) is 10.6 Å². The van der Waals surface area contributed by atoms with Gasteiger partial charge in [-0.05, 0) is 50.7 Å². The standard InChI is InChI=1S/C18H24N2O5S/c1-9(2)25-17(21)14-10(3)19-18(26)20-15(14)11-7-12(22-4)16(24-6)13(8-11)23-5/h7-9,15H,1-6H3,(H2,19,20,26). The number of ether oxygens (including phenoxy) is 4. The Labute approximate surface area is 158 Å². The molecule has 26 heavy (non-hydrogen) atoms. The van der Waals surface area contributed by atoms with Crippen LogP contribution in [0.4, 0.5) is 0 Å². The smallest absolute Gasteiger partial charge is 0.338 e. The molecule has 0 saturated heterocycles. The third kappa shape index (κ3) is 4.01. The number of nitrogens with one attached hydrogen (secondary N) is 2. The summed E-state index contributed by atoms with van der Waals surface area (Å²) >= 11 is 5.26. The molecule has 1 heterocycles. The van der Waals surface area contributed by atoms with E-state index in [-0.39, 0.29) is 6.10 Å². The molecule has 1 aliphatic rings. The van der Waals surface area contributed by atoms with Crippen LogP contribution in [0.15, 0.2) is 23.4 Å². The van der Waals surface area contributed by atoms with Gasteiger partial charge in [-0.3, -0.25) is 0 Å². The van der Waals surface area contributed by atoms with Gasteiger partial charge < -0.3 is 29.6 Å². The van der Waals surface area contributed by atoms with Crippen LogP contribution in [0.1, 0.15) is 32.4 Å². The lowest BCUT2D eigenvalue weighted by Crippen LogP contribution is -2.45. The fraction of sp³-hybridized carbons (Fsp3) is 0.444. The van der Waals surface area contributed by atoms with Crippen molar-refractivity contribution in [2.75, 3.05) is 21.3 Å². The van der Waals surface area contributed by atoms with Crippen molar-refractivity contribution in [2.24, 2.45) is 0 Å². The molecule has 0 aliphatic carbocycles. The van der Waals surface area contributed by atoms with Crippen LogP contribution in [-0.4, -0.2) is 38.5 Å². The monoisotopic (exact) mass is 380 g/mol. The maximum atomic E-state index is 12.7. The van der Waals surface area contributed by atoms with Crippen molar-refractivity contribution in [3.05, 3.63) is 29.0 Å². The summed E-state index contributed by atoms with van der Waals surface area (Å²) in [6, 6.07) is 3.05. The summed E-state index contributed by atoms with van der Waals surface area (Å²) in [6.45, 7) is 5.39. The van der Waals surface area contributed by atoms with E-state index in [1.807, 2.05) is 0 Å². The molecule has 1 unspecified atom stereocenters. The molecule has 0 amide bonds. The lowest BCUT2D eigenvalue weighted by molar-refractivity contribution is -0.143. The Kier molecular flexibility index (Phi) is 6.31. The van der Waals surface area contributed by atoms with E-state index < -0.39 is 12.0 Å². The highest BCUT2D eigenvalue weighted by Crippen LogP contribution is 2.41. The molecule has 0 aromatic heterocycles. The Bertz CT molecular complexity index is 720. The molecular formula is C18H24N2O5S. The van der Waals surface area contributed by atoms with E-state index in [0.29, 0.717) is 33.6 Å². The summed E-state index contributed by atoms with van der Waals surface area (Å²) in [6.07, 6.45) is -0.239. The molecule has 8 heteroatoms. The Morgan fingerprint density at radius 2 is 1.69 bits per heavy atom. The predicted octanol–water partition coefficient (Wildman–Crippen LogP) is 2.46. The lowest BCUT2D eigenvalue weighted by Gasteiger charge is -2.30. The second-order valence-corrected chi connectivity index (χ2v) is 6.39. The highest BCUT2D eigenvalue weighted by atomic mass is 32.1. The van der Waals surface area contributed by atoms with Gasteiger partial charge in [0.2, 0.25) is 5.75 Å². The van der Waals surface area contributed by atoms with Gasteiger partial charge in [0.1, 0.15) is 0 Å². The maximum Gasteiger partial charge on any atom is 0.338 e. The molecular weight excluding hydrogens is 356 g/mol. The molecule has 0 radical (unpaired) electrons. The number of hydrogen-bond acceptors (Lipinski definition) is 6. The first-order valence-electron chi connectivity index (χ1n) is 8.11. The lowest BCUT2D eigenvalue weighted by atomic mass is 9.95. The van der Waals surface area contributed by atoms with E-state index in [4.69, 9.17) is 31.2 Å². The Balaban J connectivity index is 2.57. The van der Waals surface area contributed by atoms with E-state index in [0.717, 1.165) is 5.56 Å². The molecule has 0 spiro atoms. The van der Waals surface area contributed by atoms with Crippen LogP contribution in [0.3, 0.4) is 0 Å². The third-order valence-corrected chi connectivity index (χ3v) is 4.07. The number of methoxy groups -OCH3 is 3. The third-order valence-electron chi connectivity index (χ3n) is 3.85. The highest BCUT2D eigenvalue weighted by Gasteiger charge is 2.32. The molecule has 1 aromatic carbocycles. The molecule has 1 aliphatic heterocycles. The number of hydrogen-bond donors (Lipinski definition) is 2. The van der Waals surface area contributed by atoms with Crippen LogP contribution in [-0.2, 0) is 9.53 Å². The first-order chi connectivity index (χ1) is 12.3. The van der Waals surface area contributed by atoms with Gasteiger partial charge in [-0.2, -0.15) is 0 Å². The number of carbonyl (C=O) groups excluding carboxylic acids is 1. The predicted molar refractivity (Wildman–Crippen MR) is 102 cm³/mol. The first kappa shape index (κ1) is 19.8. The molecule has 142 valence electrons. The fourth-order valence-electron chi connectivity index (χ4n) is 2.76. The van der Waals surface area contributed by atoms with E-state index in [9.17, 15) is 4.79 Å². The maximum absolute atomic E-state index is 12.7. The second-order valence-electron chi connectivity index (χ2n) is 5.98. The molecule has 1 atom stereocenters. The zero-order chi connectivity index (χ0) is 19.4. The Hall–Kier alpha value is -2.48. The van der Waals surface area contributed by atoms with Crippen molar-refractivity contribution < 1.29 is 23.7 Å². The molecule has 2 N–H and O–H groups in total. The summed E-state index contributed by atoms with van der Waals surface area (Å²) in [5.41, 5.74) is 1.82. The largest absolute Gasteiger partial charge is 0.493 e. The van der Waals surface area contributed by atoms with Gasteiger partial charge in [0, 0.05) is 5.70 Å². The Morgan fingerprint density at radius 3 is 2.15 bits per heavy atom. The zero-order valence-electron chi connectivity index (χ0n) is 15.8. The first-order valence-corrected chi connectivity index (χ1v) is 8.52. The number of rotatable bonds is 6. The average Bonchev–Trinajstić information content (AvgIpc) is 2.58. The SMILES string of the molecule is COc1cc(C2NC(=S)NC(C)=C2C(=O)OC(C)C)cc(OC)c1OC. The summed E-state index contributed by atoms with van der Waals surface area (Å²) in [7, 11) is 4.61. The number of thiocarbonyl (C=S) groups is 1. The Morgan fingerprint density at radius 1 is 1.12 bits per heavy atom. The minimum atomic E-state index is -0.510. The van der Waals surface area contributed by atoms with E-state index >= 15 is 0 Å². The van der Waals surface area contributed by atoms with Crippen LogP contribution in [0.5, 0.6) is 17.2 Å². The van der Waals surface area contributed by atoms with Crippen molar-refractivity contribution >= 4 is 23.3 Å². The quantitative estimate of drug-likeness (QED) is 0.576. The van der Waals surface area contributed by atoms with Crippen molar-refractivity contribution in [3.8, 4) is 17.2 Å². The van der Waals surface area contributed by atoms with E-state index in [1.165, 1.54) is 21.3 Å². The summed E-state index contributed by atoms with van der Waals surface area (Å²) in [4.78, 5) is 12.7. The van der Waals surface area contributed by atoms with Crippen LogP contribution in [0.25, 0.3) is 0 Å². The fourth-order valence-corrected chi connectivity index (χ4v) is 3.03. The highest BCUT2D eigenvalue weighted by molar-refractivity contribution is 7.80. The summed E-state index contributed by atoms with van der Waals surface area (Å²) < 4.78 is 21.6. The number of carbonyl (C=O) groups is 1. The zero-order valence-corrected chi connectivity index (χ0v) is 16.6. The van der Waals surface area contributed by atoms with Gasteiger partial charge in [-0.25, -0.2) is 4.79 Å². The van der Waals surface area contributed by atoms with Gasteiger partial charge in [-0.1, -0.05) is 0 Å². The van der Waals surface area contributed by atoms with E-state index in [2.05, 4.69) is 10.6 Å². The number of benzene rings is 1. The normalized spacial score (nSPS) is 16.7. The van der Waals surface area contributed by atoms with Gasteiger partial charge in [0.25, 0.3) is 0 Å². The van der Waals surface area contributed by atoms with Crippen molar-refractivity contribution in [3.63, 3.8) is 0 Å². The molecule has 2 rings (SSSR count). The van der Waals surface area contributed by atoms with Crippen molar-refractivity contribution in [1.29, 1.82) is 0 Å². The summed E-state index contributed by atoms with van der Waals surface area (Å²) in [5, 5.41) is 6.51. The molecule has 0 bridgehead atoms. The van der Waals surface area contributed by atoms with Gasteiger partial charge in [-0.15, -0.1) is 0 Å². The number of esters is 1. The second kappa shape index (κ2) is 8.27. The van der Waals surface area contributed by atoms with Gasteiger partial charge >= 0.3 is 5.97 Å². The minimum Gasteiger partial charge on any atom is -0.493 e. The van der Waals surface area contributed by atoms with Crippen molar-refractivity contribution in [2.45, 2.75) is 32.9 Å². The van der Waals surface area contributed by atoms with Crippen LogP contribution in [0.2, 0.25) is 0 Å². The topological polar surface area (TPSA) is 78.1 Å². The molecule has 0 saturated carbocycles. The molecule has 7 nitrogen and oxygen atoms in total.